The highest BCUT2D eigenvalue weighted by Crippen LogP contribution is 2.35. The molecule has 1 aliphatic rings. The molecule has 0 N–H and O–H groups in total. The summed E-state index contributed by atoms with van der Waals surface area (Å²) in [6.07, 6.45) is 0. The number of benzene rings is 2. The van der Waals surface area contributed by atoms with Crippen LogP contribution < -0.4 is 9.47 Å². The summed E-state index contributed by atoms with van der Waals surface area (Å²) in [5, 5.41) is 0. The van der Waals surface area contributed by atoms with Crippen LogP contribution in [0.4, 0.5) is 0 Å². The quantitative estimate of drug-likeness (QED) is 0.639. The SMILES string of the molecule is COCOc1cc(Br)c(C(=O)N2Cc3ccccc3C2)c(OCOC)c1. The Labute approximate surface area is 160 Å². The van der Waals surface area contributed by atoms with Gasteiger partial charge < -0.3 is 23.8 Å². The monoisotopic (exact) mass is 421 g/mol. The smallest absolute Gasteiger partial charge is 0.259 e. The summed E-state index contributed by atoms with van der Waals surface area (Å²) in [7, 11) is 3.07. The van der Waals surface area contributed by atoms with Gasteiger partial charge in [-0.25, -0.2) is 0 Å². The van der Waals surface area contributed by atoms with Crippen LogP contribution in [0, 0.1) is 0 Å². The molecular formula is C19H20BrNO5. The van der Waals surface area contributed by atoms with Gasteiger partial charge >= 0.3 is 0 Å². The Bertz CT molecular complexity index is 770. The van der Waals surface area contributed by atoms with E-state index in [-0.39, 0.29) is 19.5 Å². The molecule has 0 unspecified atom stereocenters. The van der Waals surface area contributed by atoms with Crippen molar-refractivity contribution >= 4 is 21.8 Å². The Morgan fingerprint density at radius 2 is 1.65 bits per heavy atom. The van der Waals surface area contributed by atoms with Gasteiger partial charge in [-0.15, -0.1) is 0 Å². The zero-order chi connectivity index (χ0) is 18.5. The molecule has 6 nitrogen and oxygen atoms in total. The highest BCUT2D eigenvalue weighted by molar-refractivity contribution is 9.10. The molecule has 1 aliphatic heterocycles. The highest BCUT2D eigenvalue weighted by atomic mass is 79.9. The van der Waals surface area contributed by atoms with Crippen molar-refractivity contribution in [1.29, 1.82) is 0 Å². The Morgan fingerprint density at radius 3 is 2.27 bits per heavy atom. The fraction of sp³-hybridized carbons (Fsp3) is 0.316. The summed E-state index contributed by atoms with van der Waals surface area (Å²) in [5.41, 5.74) is 2.77. The minimum Gasteiger partial charge on any atom is -0.467 e. The Kier molecular flexibility index (Phi) is 6.13. The maximum Gasteiger partial charge on any atom is 0.259 e. The lowest BCUT2D eigenvalue weighted by Crippen LogP contribution is -2.26. The number of ether oxygens (including phenoxy) is 4. The minimum atomic E-state index is -0.113. The summed E-state index contributed by atoms with van der Waals surface area (Å²) >= 11 is 3.48. The van der Waals surface area contributed by atoms with Gasteiger partial charge in [0.15, 0.2) is 13.6 Å². The topological polar surface area (TPSA) is 57.2 Å². The molecule has 138 valence electrons. The van der Waals surface area contributed by atoms with Crippen molar-refractivity contribution in [1.82, 2.24) is 4.90 Å². The molecule has 0 fully saturated rings. The predicted octanol–water partition coefficient (Wildman–Crippen LogP) is 3.57. The summed E-state index contributed by atoms with van der Waals surface area (Å²) in [4.78, 5) is 14.9. The molecule has 7 heteroatoms. The van der Waals surface area contributed by atoms with Gasteiger partial charge in [-0.2, -0.15) is 0 Å². The zero-order valence-corrected chi connectivity index (χ0v) is 16.2. The molecule has 0 radical (unpaired) electrons. The molecule has 0 aromatic heterocycles. The maximum atomic E-state index is 13.2. The first-order valence-corrected chi connectivity index (χ1v) is 8.86. The van der Waals surface area contributed by atoms with Gasteiger partial charge in [-0.1, -0.05) is 24.3 Å². The third-order valence-electron chi connectivity index (χ3n) is 4.05. The molecule has 0 aliphatic carbocycles. The van der Waals surface area contributed by atoms with E-state index in [0.29, 0.717) is 34.6 Å². The lowest BCUT2D eigenvalue weighted by Gasteiger charge is -2.20. The van der Waals surface area contributed by atoms with E-state index in [1.807, 2.05) is 24.3 Å². The Balaban J connectivity index is 1.89. The van der Waals surface area contributed by atoms with Gasteiger partial charge in [0.1, 0.15) is 11.5 Å². The summed E-state index contributed by atoms with van der Waals surface area (Å²) in [6, 6.07) is 11.5. The fourth-order valence-electron chi connectivity index (χ4n) is 2.85. The standard InChI is InChI=1S/C19H20BrNO5/c1-23-11-25-15-7-16(20)18(17(8-15)26-12-24-2)19(22)21-9-13-5-3-4-6-14(13)10-21/h3-8H,9-12H2,1-2H3. The fourth-order valence-corrected chi connectivity index (χ4v) is 3.44. The number of amides is 1. The van der Waals surface area contributed by atoms with E-state index in [1.165, 1.54) is 7.11 Å². The van der Waals surface area contributed by atoms with E-state index in [1.54, 1.807) is 24.1 Å². The number of carbonyl (C=O) groups excluding carboxylic acids is 1. The summed E-state index contributed by atoms with van der Waals surface area (Å²) in [5.74, 6) is 0.817. The second-order valence-corrected chi connectivity index (χ2v) is 6.66. The first-order valence-electron chi connectivity index (χ1n) is 8.07. The third kappa shape index (κ3) is 4.00. The molecule has 26 heavy (non-hydrogen) atoms. The Morgan fingerprint density at radius 1 is 1.04 bits per heavy atom. The molecule has 0 bridgehead atoms. The van der Waals surface area contributed by atoms with Gasteiger partial charge in [0.25, 0.3) is 5.91 Å². The van der Waals surface area contributed by atoms with Crippen molar-refractivity contribution in [2.75, 3.05) is 27.8 Å². The van der Waals surface area contributed by atoms with Crippen molar-refractivity contribution < 1.29 is 23.7 Å². The van der Waals surface area contributed by atoms with Gasteiger partial charge in [-0.05, 0) is 33.1 Å². The number of carbonyl (C=O) groups is 1. The van der Waals surface area contributed by atoms with Crippen molar-refractivity contribution in [3.05, 3.63) is 57.6 Å². The molecule has 1 amide bonds. The van der Waals surface area contributed by atoms with E-state index in [2.05, 4.69) is 15.9 Å². The van der Waals surface area contributed by atoms with Crippen molar-refractivity contribution in [2.45, 2.75) is 13.1 Å². The maximum absolute atomic E-state index is 13.2. The second-order valence-electron chi connectivity index (χ2n) is 5.81. The van der Waals surface area contributed by atoms with Crippen LogP contribution in [-0.4, -0.2) is 38.6 Å². The number of fused-ring (bicyclic) bond motifs is 1. The van der Waals surface area contributed by atoms with Crippen LogP contribution in [0.25, 0.3) is 0 Å². The molecule has 2 aromatic rings. The van der Waals surface area contributed by atoms with Crippen molar-refractivity contribution in [3.63, 3.8) is 0 Å². The highest BCUT2D eigenvalue weighted by Gasteiger charge is 2.28. The van der Waals surface area contributed by atoms with Crippen LogP contribution in [0.2, 0.25) is 0 Å². The summed E-state index contributed by atoms with van der Waals surface area (Å²) in [6.45, 7) is 1.28. The van der Waals surface area contributed by atoms with Crippen molar-refractivity contribution in [2.24, 2.45) is 0 Å². The number of rotatable bonds is 7. The van der Waals surface area contributed by atoms with Crippen molar-refractivity contribution in [3.8, 4) is 11.5 Å². The summed E-state index contributed by atoms with van der Waals surface area (Å²) < 4.78 is 21.6. The lowest BCUT2D eigenvalue weighted by atomic mass is 10.1. The number of halogens is 1. The molecule has 3 rings (SSSR count). The van der Waals surface area contributed by atoms with Crippen LogP contribution in [0.5, 0.6) is 11.5 Å². The Hall–Kier alpha value is -2.09. The van der Waals surface area contributed by atoms with Crippen LogP contribution >= 0.6 is 15.9 Å². The molecule has 0 saturated carbocycles. The van der Waals surface area contributed by atoms with Gasteiger partial charge in [0, 0.05) is 37.8 Å². The van der Waals surface area contributed by atoms with E-state index >= 15 is 0 Å². The van der Waals surface area contributed by atoms with E-state index in [0.717, 1.165) is 11.1 Å². The number of methoxy groups -OCH3 is 2. The zero-order valence-electron chi connectivity index (χ0n) is 14.7. The average molecular weight is 422 g/mol. The molecule has 2 aromatic carbocycles. The van der Waals surface area contributed by atoms with Gasteiger partial charge in [0.05, 0.1) is 5.56 Å². The molecule has 0 spiro atoms. The van der Waals surface area contributed by atoms with Crippen LogP contribution in [0.15, 0.2) is 40.9 Å². The third-order valence-corrected chi connectivity index (χ3v) is 4.67. The average Bonchev–Trinajstić information content (AvgIpc) is 3.08. The number of hydrogen-bond acceptors (Lipinski definition) is 5. The minimum absolute atomic E-state index is 0.0284. The molecule has 0 atom stereocenters. The predicted molar refractivity (Wildman–Crippen MR) is 99.2 cm³/mol. The second kappa shape index (κ2) is 8.53. The largest absolute Gasteiger partial charge is 0.467 e. The van der Waals surface area contributed by atoms with Gasteiger partial charge in [0.2, 0.25) is 0 Å². The first-order chi connectivity index (χ1) is 12.6. The van der Waals surface area contributed by atoms with Crippen LogP contribution in [0.1, 0.15) is 21.5 Å². The normalized spacial score (nSPS) is 12.8. The first kappa shape index (κ1) is 18.7. The van der Waals surface area contributed by atoms with E-state index < -0.39 is 0 Å². The lowest BCUT2D eigenvalue weighted by molar-refractivity contribution is 0.0447. The van der Waals surface area contributed by atoms with Gasteiger partial charge in [-0.3, -0.25) is 4.79 Å². The molecule has 0 saturated heterocycles. The van der Waals surface area contributed by atoms with E-state index in [9.17, 15) is 4.79 Å². The van der Waals surface area contributed by atoms with Crippen LogP contribution in [0.3, 0.4) is 0 Å². The van der Waals surface area contributed by atoms with Crippen LogP contribution in [-0.2, 0) is 22.6 Å². The molecule has 1 heterocycles. The van der Waals surface area contributed by atoms with E-state index in [4.69, 9.17) is 18.9 Å². The number of hydrogen-bond donors (Lipinski definition) is 0. The number of nitrogens with zero attached hydrogens (tertiary/aromatic N) is 1. The molecular weight excluding hydrogens is 402 g/mol.